The van der Waals surface area contributed by atoms with Crippen LogP contribution in [0.2, 0.25) is 0 Å². The lowest BCUT2D eigenvalue weighted by atomic mass is 10.1. The maximum absolute atomic E-state index is 14.5. The number of pyridine rings is 1. The Balaban J connectivity index is 1.68. The number of rotatable bonds is 6. The van der Waals surface area contributed by atoms with Gasteiger partial charge in [-0.25, -0.2) is 9.32 Å². The summed E-state index contributed by atoms with van der Waals surface area (Å²) in [5, 5.41) is 11.9. The molecule has 3 heterocycles. The van der Waals surface area contributed by atoms with Gasteiger partial charge in [-0.1, -0.05) is 0 Å². The molecule has 30 heavy (non-hydrogen) atoms. The number of aliphatic hydroxyl groups is 1. The number of ether oxygens (including phenoxy) is 1. The Bertz CT molecular complexity index is 981. The van der Waals surface area contributed by atoms with Crippen molar-refractivity contribution in [2.24, 2.45) is 0 Å². The van der Waals surface area contributed by atoms with Gasteiger partial charge in [0.05, 0.1) is 12.2 Å². The molecule has 2 aromatic rings. The molecule has 1 fully saturated rings. The van der Waals surface area contributed by atoms with E-state index in [0.717, 1.165) is 12.3 Å². The second kappa shape index (κ2) is 8.49. The standard InChI is InChI=1S/C15H16F2N5O6PS/c16-15(17)11(23)9(28-13(15)22-6-3-10(18)20-14(22)25)7-27-29(26,30)21-12(24)8-1-4-19-5-2-8/h1-6,9,11,13,23H,7H2,(H2,18,20,25)(H2,21,24,26,30)/t9-,11-,13-,29?/m1/s1. The van der Waals surface area contributed by atoms with Gasteiger partial charge in [0.1, 0.15) is 18.5 Å². The first-order valence-corrected chi connectivity index (χ1v) is 11.0. The lowest BCUT2D eigenvalue weighted by Gasteiger charge is -2.24. The Hall–Kier alpha value is -2.22. The van der Waals surface area contributed by atoms with Gasteiger partial charge in [-0.15, -0.1) is 0 Å². The third-order valence-corrected chi connectivity index (χ3v) is 5.71. The van der Waals surface area contributed by atoms with Gasteiger partial charge >= 0.3 is 11.6 Å². The van der Waals surface area contributed by atoms with Gasteiger partial charge in [-0.05, 0) is 18.2 Å². The van der Waals surface area contributed by atoms with Crippen LogP contribution in [0.1, 0.15) is 16.6 Å². The van der Waals surface area contributed by atoms with Crippen molar-refractivity contribution >= 4 is 31.0 Å². The molecule has 162 valence electrons. The van der Waals surface area contributed by atoms with Crippen molar-refractivity contribution in [3.63, 3.8) is 0 Å². The predicted molar refractivity (Wildman–Crippen MR) is 101 cm³/mol. The topological polar surface area (TPSA) is 165 Å². The Morgan fingerprint density at radius 1 is 1.47 bits per heavy atom. The molecule has 0 radical (unpaired) electrons. The molecule has 4 N–H and O–H groups in total. The van der Waals surface area contributed by atoms with Crippen molar-refractivity contribution in [3.8, 4) is 0 Å². The first-order chi connectivity index (χ1) is 14.0. The van der Waals surface area contributed by atoms with Crippen molar-refractivity contribution in [1.82, 2.24) is 19.6 Å². The molecule has 0 aliphatic carbocycles. The Morgan fingerprint density at radius 2 is 2.13 bits per heavy atom. The molecule has 1 saturated heterocycles. The van der Waals surface area contributed by atoms with Crippen LogP contribution in [0.5, 0.6) is 0 Å². The number of hydrogen-bond acceptors (Lipinski definition) is 10. The number of nitrogens with one attached hydrogen (secondary N) is 1. The highest BCUT2D eigenvalue weighted by atomic mass is 32.7. The van der Waals surface area contributed by atoms with Gasteiger partial charge in [-0.3, -0.25) is 14.3 Å². The normalized spacial score (nSPS) is 24.9. The van der Waals surface area contributed by atoms with Crippen LogP contribution in [0.4, 0.5) is 14.6 Å². The fourth-order valence-electron chi connectivity index (χ4n) is 2.61. The summed E-state index contributed by atoms with van der Waals surface area (Å²) < 4.78 is 39.4. The van der Waals surface area contributed by atoms with Crippen molar-refractivity contribution in [2.45, 2.75) is 24.4 Å². The van der Waals surface area contributed by atoms with E-state index in [1.165, 1.54) is 24.5 Å². The fourth-order valence-corrected chi connectivity index (χ4v) is 3.89. The number of thiol groups is 1. The lowest BCUT2D eigenvalue weighted by molar-refractivity contribution is -0.190. The number of aliphatic hydroxyl groups excluding tert-OH is 1. The average molecular weight is 463 g/mol. The number of carbonyl (C=O) groups is 1. The molecule has 2 aromatic heterocycles. The smallest absolute Gasteiger partial charge is 0.351 e. The number of aromatic nitrogens is 3. The number of anilines is 1. The molecule has 1 aliphatic rings. The molecule has 0 saturated carbocycles. The summed E-state index contributed by atoms with van der Waals surface area (Å²) in [7, 11) is -4.10. The summed E-state index contributed by atoms with van der Waals surface area (Å²) in [4.78, 5) is 43.3. The maximum atomic E-state index is 14.5. The van der Waals surface area contributed by atoms with Gasteiger partial charge in [0.15, 0.2) is 6.10 Å². The molecule has 4 atom stereocenters. The Morgan fingerprint density at radius 3 is 2.77 bits per heavy atom. The van der Waals surface area contributed by atoms with E-state index < -0.39 is 49.6 Å². The molecular weight excluding hydrogens is 447 g/mol. The van der Waals surface area contributed by atoms with Crippen LogP contribution >= 0.6 is 19.3 Å². The summed E-state index contributed by atoms with van der Waals surface area (Å²) >= 11 is 3.72. The minimum absolute atomic E-state index is 0.113. The third kappa shape index (κ3) is 4.74. The summed E-state index contributed by atoms with van der Waals surface area (Å²) in [6.45, 7) is -0.818. The number of carbonyl (C=O) groups excluding carboxylic acids is 1. The van der Waals surface area contributed by atoms with E-state index in [4.69, 9.17) is 15.0 Å². The molecule has 0 spiro atoms. The van der Waals surface area contributed by atoms with Gasteiger partial charge in [0.25, 0.3) is 13.0 Å². The Labute approximate surface area is 173 Å². The summed E-state index contributed by atoms with van der Waals surface area (Å²) in [6, 6.07) is 3.79. The summed E-state index contributed by atoms with van der Waals surface area (Å²) in [6.07, 6.45) is -2.69. The van der Waals surface area contributed by atoms with E-state index in [-0.39, 0.29) is 11.4 Å². The number of nitrogen functional groups attached to an aromatic ring is 1. The monoisotopic (exact) mass is 463 g/mol. The zero-order valence-corrected chi connectivity index (χ0v) is 16.7. The van der Waals surface area contributed by atoms with E-state index in [0.29, 0.717) is 4.57 Å². The highest BCUT2D eigenvalue weighted by Crippen LogP contribution is 2.53. The number of alkyl halides is 2. The predicted octanol–water partition coefficient (Wildman–Crippen LogP) is -0.472. The SMILES string of the molecule is Nc1ccn([C@@H]2O[C@H](CO[P+]([O-])(S)NC(=O)c3ccncc3)[C@@H](O)C2(F)F)c(=O)n1. The van der Waals surface area contributed by atoms with Crippen molar-refractivity contribution in [1.29, 1.82) is 0 Å². The van der Waals surface area contributed by atoms with Crippen LogP contribution in [-0.2, 0) is 9.26 Å². The van der Waals surface area contributed by atoms with Crippen molar-refractivity contribution in [2.75, 3.05) is 12.3 Å². The second-order valence-corrected chi connectivity index (χ2v) is 9.28. The van der Waals surface area contributed by atoms with Gasteiger partial charge < -0.3 is 20.5 Å². The molecule has 1 amide bonds. The van der Waals surface area contributed by atoms with Crippen molar-refractivity contribution < 1.29 is 32.8 Å². The van der Waals surface area contributed by atoms with E-state index in [2.05, 4.69) is 22.2 Å². The minimum Gasteiger partial charge on any atom is -0.628 e. The van der Waals surface area contributed by atoms with Gasteiger partial charge in [0.2, 0.25) is 6.23 Å². The zero-order chi connectivity index (χ0) is 22.1. The molecule has 15 heteroatoms. The van der Waals surface area contributed by atoms with E-state index in [9.17, 15) is 28.4 Å². The number of halogens is 2. The van der Waals surface area contributed by atoms with E-state index in [1.54, 1.807) is 0 Å². The molecular formula is C15H16F2N5O6PS. The molecule has 11 nitrogen and oxygen atoms in total. The van der Waals surface area contributed by atoms with Crippen LogP contribution in [0.3, 0.4) is 0 Å². The number of hydrogen-bond donors (Lipinski definition) is 4. The molecule has 0 aromatic carbocycles. The molecule has 0 bridgehead atoms. The third-order valence-electron chi connectivity index (χ3n) is 4.08. The first kappa shape index (κ1) is 22.5. The quantitative estimate of drug-likeness (QED) is 0.327. The molecule has 1 unspecified atom stereocenters. The lowest BCUT2D eigenvalue weighted by Crippen LogP contribution is -2.42. The highest BCUT2D eigenvalue weighted by molar-refractivity contribution is 8.48. The van der Waals surface area contributed by atoms with Crippen LogP contribution in [0, 0.1) is 0 Å². The first-order valence-electron chi connectivity index (χ1n) is 8.27. The molecule has 3 rings (SSSR count). The van der Waals surface area contributed by atoms with E-state index in [1.807, 2.05) is 5.09 Å². The largest absolute Gasteiger partial charge is 0.628 e. The van der Waals surface area contributed by atoms with Crippen LogP contribution in [-0.4, -0.2) is 50.3 Å². The van der Waals surface area contributed by atoms with Crippen molar-refractivity contribution in [3.05, 3.63) is 52.8 Å². The Kier molecular flexibility index (Phi) is 6.36. The zero-order valence-electron chi connectivity index (χ0n) is 15.0. The minimum atomic E-state index is -4.10. The second-order valence-electron chi connectivity index (χ2n) is 6.18. The molecule has 1 aliphatic heterocycles. The number of nitrogens with two attached hydrogens (primary N) is 1. The fraction of sp³-hybridized carbons (Fsp3) is 0.333. The number of nitrogens with zero attached hydrogens (tertiary/aromatic N) is 3. The van der Waals surface area contributed by atoms with Gasteiger partial charge in [-0.2, -0.15) is 18.9 Å². The maximum Gasteiger partial charge on any atom is 0.351 e. The average Bonchev–Trinajstić information content (AvgIpc) is 2.90. The van der Waals surface area contributed by atoms with Crippen LogP contribution in [0.25, 0.3) is 0 Å². The van der Waals surface area contributed by atoms with Crippen LogP contribution in [0.15, 0.2) is 41.6 Å². The van der Waals surface area contributed by atoms with E-state index >= 15 is 0 Å². The van der Waals surface area contributed by atoms with Gasteiger partial charge in [0, 0.05) is 24.2 Å². The highest BCUT2D eigenvalue weighted by Gasteiger charge is 2.60. The number of amides is 1. The summed E-state index contributed by atoms with van der Waals surface area (Å²) in [5.74, 6) is -4.89. The van der Waals surface area contributed by atoms with Crippen LogP contribution < -0.4 is 21.4 Å². The summed E-state index contributed by atoms with van der Waals surface area (Å²) in [5.41, 5.74) is 4.33.